The molecule has 0 bridgehead atoms. The summed E-state index contributed by atoms with van der Waals surface area (Å²) in [5.41, 5.74) is 16.0. The Bertz CT molecular complexity index is 3640. The molecule has 264 valence electrons. The highest BCUT2D eigenvalue weighted by Gasteiger charge is 2.27. The Morgan fingerprint density at radius 1 is 0.386 bits per heavy atom. The number of rotatable bonds is 3. The number of benzene rings is 8. The maximum atomic E-state index is 5.65. The van der Waals surface area contributed by atoms with Crippen LogP contribution in [-0.2, 0) is 0 Å². The SMILES string of the molecule is c1ccc(-c2cccc(-c3nc4sc5ccccc5c4nc3-n3c4ccccc4c4cc5c(cc43)c3cccc4c3n5-c3ccccc3-c3ccccc3-4)c2)cc1. The molecule has 4 aromatic heterocycles. The normalized spacial score (nSPS) is 12.2. The average molecular weight is 743 g/mol. The Hall–Kier alpha value is -7.34. The first-order chi connectivity index (χ1) is 28.3. The van der Waals surface area contributed by atoms with E-state index in [2.05, 4.69) is 191 Å². The van der Waals surface area contributed by atoms with Gasteiger partial charge in [0.2, 0.25) is 0 Å². The molecule has 0 amide bonds. The lowest BCUT2D eigenvalue weighted by Crippen LogP contribution is -2.03. The summed E-state index contributed by atoms with van der Waals surface area (Å²) in [7, 11) is 0. The van der Waals surface area contributed by atoms with Gasteiger partial charge in [0, 0.05) is 48.3 Å². The summed E-state index contributed by atoms with van der Waals surface area (Å²) in [5, 5.41) is 5.93. The molecular formula is C52H30N4S. The molecule has 0 unspecified atom stereocenters. The first-order valence-corrected chi connectivity index (χ1v) is 20.2. The van der Waals surface area contributed by atoms with Crippen LogP contribution in [0.4, 0.5) is 0 Å². The molecule has 57 heavy (non-hydrogen) atoms. The number of hydrogen-bond donors (Lipinski definition) is 0. The summed E-state index contributed by atoms with van der Waals surface area (Å²) in [4.78, 5) is 12.1. The zero-order valence-corrected chi connectivity index (χ0v) is 31.3. The van der Waals surface area contributed by atoms with Gasteiger partial charge in [0.15, 0.2) is 5.82 Å². The van der Waals surface area contributed by atoms with E-state index >= 15 is 0 Å². The maximum absolute atomic E-state index is 5.65. The summed E-state index contributed by atoms with van der Waals surface area (Å²) < 4.78 is 6.06. The van der Waals surface area contributed by atoms with Crippen LogP contribution in [0.5, 0.6) is 0 Å². The lowest BCUT2D eigenvalue weighted by molar-refractivity contribution is 1.09. The third kappa shape index (κ3) is 4.32. The first-order valence-electron chi connectivity index (χ1n) is 19.3. The van der Waals surface area contributed by atoms with E-state index in [9.17, 15) is 0 Å². The van der Waals surface area contributed by atoms with E-state index in [1.165, 1.54) is 70.8 Å². The van der Waals surface area contributed by atoms with Crippen LogP contribution >= 0.6 is 11.3 Å². The smallest absolute Gasteiger partial charge is 0.165 e. The van der Waals surface area contributed by atoms with Crippen LogP contribution in [0.3, 0.4) is 0 Å². The Labute approximate surface area is 331 Å². The second kappa shape index (κ2) is 11.6. The monoisotopic (exact) mass is 742 g/mol. The van der Waals surface area contributed by atoms with Crippen molar-refractivity contribution in [3.8, 4) is 56.1 Å². The van der Waals surface area contributed by atoms with Gasteiger partial charge in [0.1, 0.15) is 16.0 Å². The minimum atomic E-state index is 0.826. The van der Waals surface area contributed by atoms with E-state index in [1.807, 2.05) is 0 Å². The fourth-order valence-corrected chi connectivity index (χ4v) is 10.4. The van der Waals surface area contributed by atoms with Gasteiger partial charge in [-0.2, -0.15) is 0 Å². The third-order valence-corrected chi connectivity index (χ3v) is 12.9. The Kier molecular flexibility index (Phi) is 6.29. The van der Waals surface area contributed by atoms with Crippen LogP contribution in [-0.4, -0.2) is 19.1 Å². The van der Waals surface area contributed by atoms with Crippen LogP contribution < -0.4 is 0 Å². The third-order valence-electron chi connectivity index (χ3n) is 11.9. The van der Waals surface area contributed by atoms with Crippen LogP contribution in [0.15, 0.2) is 182 Å². The molecule has 0 radical (unpaired) electrons. The van der Waals surface area contributed by atoms with E-state index in [0.717, 1.165) is 49.4 Å². The van der Waals surface area contributed by atoms with Crippen molar-refractivity contribution in [2.75, 3.05) is 0 Å². The predicted octanol–water partition coefficient (Wildman–Crippen LogP) is 14.0. The van der Waals surface area contributed by atoms with Crippen LogP contribution in [0.2, 0.25) is 0 Å². The molecule has 0 fully saturated rings. The van der Waals surface area contributed by atoms with Crippen molar-refractivity contribution < 1.29 is 0 Å². The molecule has 5 heteroatoms. The van der Waals surface area contributed by atoms with Gasteiger partial charge in [-0.3, -0.25) is 4.57 Å². The van der Waals surface area contributed by atoms with Gasteiger partial charge in [-0.1, -0.05) is 146 Å². The zero-order valence-electron chi connectivity index (χ0n) is 30.5. The van der Waals surface area contributed by atoms with Crippen LogP contribution in [0, 0.1) is 0 Å². The Morgan fingerprint density at radius 3 is 1.88 bits per heavy atom. The van der Waals surface area contributed by atoms with Crippen molar-refractivity contribution in [3.05, 3.63) is 182 Å². The van der Waals surface area contributed by atoms with E-state index in [-0.39, 0.29) is 0 Å². The minimum absolute atomic E-state index is 0.826. The number of aromatic nitrogens is 4. The van der Waals surface area contributed by atoms with Crippen molar-refractivity contribution in [1.29, 1.82) is 0 Å². The zero-order chi connectivity index (χ0) is 37.2. The van der Waals surface area contributed by atoms with Crippen molar-refractivity contribution in [2.24, 2.45) is 0 Å². The van der Waals surface area contributed by atoms with Gasteiger partial charge >= 0.3 is 0 Å². The maximum Gasteiger partial charge on any atom is 0.165 e. The van der Waals surface area contributed by atoms with Gasteiger partial charge in [0.25, 0.3) is 0 Å². The second-order valence-electron chi connectivity index (χ2n) is 14.9. The lowest BCUT2D eigenvalue weighted by atomic mass is 9.94. The molecule has 1 aliphatic heterocycles. The summed E-state index contributed by atoms with van der Waals surface area (Å²) in [6.45, 7) is 0. The molecule has 0 N–H and O–H groups in total. The first kappa shape index (κ1) is 30.9. The van der Waals surface area contributed by atoms with Crippen molar-refractivity contribution in [1.82, 2.24) is 19.1 Å². The highest BCUT2D eigenvalue weighted by atomic mass is 32.1. The summed E-state index contributed by atoms with van der Waals surface area (Å²) in [5.74, 6) is 0.826. The van der Waals surface area contributed by atoms with Gasteiger partial charge in [-0.15, -0.1) is 11.3 Å². The molecule has 8 aromatic carbocycles. The van der Waals surface area contributed by atoms with E-state index in [1.54, 1.807) is 11.3 Å². The molecule has 0 aliphatic carbocycles. The lowest BCUT2D eigenvalue weighted by Gasteiger charge is -2.14. The fourth-order valence-electron chi connectivity index (χ4n) is 9.41. The number of hydrogen-bond acceptors (Lipinski definition) is 3. The quantitative estimate of drug-likeness (QED) is 0.181. The predicted molar refractivity (Wildman–Crippen MR) is 239 cm³/mol. The van der Waals surface area contributed by atoms with Crippen molar-refractivity contribution in [3.63, 3.8) is 0 Å². The average Bonchev–Trinajstić information content (AvgIpc) is 3.89. The number of para-hydroxylation sites is 3. The number of fused-ring (bicyclic) bond motifs is 14. The Morgan fingerprint density at radius 2 is 1.00 bits per heavy atom. The molecule has 0 spiro atoms. The van der Waals surface area contributed by atoms with Gasteiger partial charge in [-0.25, -0.2) is 9.97 Å². The summed E-state index contributed by atoms with van der Waals surface area (Å²) in [6.07, 6.45) is 0. The van der Waals surface area contributed by atoms with Gasteiger partial charge in [-0.05, 0) is 58.7 Å². The topological polar surface area (TPSA) is 35.6 Å². The molecule has 4 nitrogen and oxygen atoms in total. The summed E-state index contributed by atoms with van der Waals surface area (Å²) >= 11 is 1.71. The molecule has 0 saturated heterocycles. The second-order valence-corrected chi connectivity index (χ2v) is 16.0. The van der Waals surface area contributed by atoms with Crippen LogP contribution in [0.1, 0.15) is 0 Å². The molecule has 0 atom stereocenters. The fraction of sp³-hybridized carbons (Fsp3) is 0. The summed E-state index contributed by atoms with van der Waals surface area (Å²) in [6, 6.07) is 65.9. The van der Waals surface area contributed by atoms with E-state index in [0.29, 0.717) is 0 Å². The minimum Gasteiger partial charge on any atom is -0.308 e. The highest BCUT2D eigenvalue weighted by Crippen LogP contribution is 2.48. The van der Waals surface area contributed by atoms with E-state index in [4.69, 9.17) is 9.97 Å². The largest absolute Gasteiger partial charge is 0.308 e. The standard InChI is InChI=1S/C52H30N4S/c1-2-14-31(15-3-1)32-16-12-17-33(28-32)48-51(53-49-40-22-8-11-27-47(40)57-52(49)54-48)56-44-26-10-7-21-37(44)41-29-45-42(30-46(41)56)39-24-13-23-38-35-19-5-4-18-34(35)36-20-6-9-25-43(36)55(45)50(38)39/h1-30H. The molecule has 0 saturated carbocycles. The number of thiophene rings is 1. The molecule has 13 rings (SSSR count). The molecule has 12 aromatic rings. The van der Waals surface area contributed by atoms with Gasteiger partial charge < -0.3 is 4.57 Å². The van der Waals surface area contributed by atoms with Crippen molar-refractivity contribution in [2.45, 2.75) is 0 Å². The van der Waals surface area contributed by atoms with Crippen molar-refractivity contribution >= 4 is 75.4 Å². The number of nitrogens with zero attached hydrogens (tertiary/aromatic N) is 4. The molecule has 1 aliphatic rings. The highest BCUT2D eigenvalue weighted by molar-refractivity contribution is 7.25. The molecule has 5 heterocycles. The van der Waals surface area contributed by atoms with Crippen LogP contribution in [0.25, 0.3) is 120 Å². The van der Waals surface area contributed by atoms with Gasteiger partial charge in [0.05, 0.1) is 27.8 Å². The van der Waals surface area contributed by atoms with E-state index < -0.39 is 0 Å². The Balaban J connectivity index is 1.17. The molecular weight excluding hydrogens is 713 g/mol.